The van der Waals surface area contributed by atoms with Gasteiger partial charge in [0.05, 0.1) is 6.04 Å². The fourth-order valence-electron chi connectivity index (χ4n) is 1.61. The molecule has 1 aliphatic heterocycles. The Balaban J connectivity index is 2.63. The van der Waals surface area contributed by atoms with Gasteiger partial charge in [-0.1, -0.05) is 13.8 Å². The molecule has 0 aliphatic carbocycles. The van der Waals surface area contributed by atoms with Crippen molar-refractivity contribution >= 4 is 5.91 Å². The summed E-state index contributed by atoms with van der Waals surface area (Å²) < 4.78 is 0. The number of nitrogens with one attached hydrogen (secondary N) is 1. The van der Waals surface area contributed by atoms with Crippen molar-refractivity contribution in [2.75, 3.05) is 20.1 Å². The van der Waals surface area contributed by atoms with Crippen molar-refractivity contribution in [3.05, 3.63) is 0 Å². The van der Waals surface area contributed by atoms with E-state index in [2.05, 4.69) is 24.1 Å². The number of nitrogens with zero attached hydrogens (tertiary/aromatic N) is 1. The zero-order valence-corrected chi connectivity index (χ0v) is 7.42. The van der Waals surface area contributed by atoms with Gasteiger partial charge in [-0.15, -0.1) is 0 Å². The fourth-order valence-corrected chi connectivity index (χ4v) is 1.61. The third-order valence-electron chi connectivity index (χ3n) is 2.14. The first kappa shape index (κ1) is 8.53. The zero-order chi connectivity index (χ0) is 8.43. The maximum Gasteiger partial charge on any atom is 0.237 e. The van der Waals surface area contributed by atoms with E-state index >= 15 is 0 Å². The first-order valence-electron chi connectivity index (χ1n) is 4.11. The maximum absolute atomic E-state index is 11.3. The summed E-state index contributed by atoms with van der Waals surface area (Å²) in [6.07, 6.45) is 0. The van der Waals surface area contributed by atoms with Gasteiger partial charge in [0.2, 0.25) is 5.91 Å². The number of rotatable bonds is 1. The van der Waals surface area contributed by atoms with Crippen LogP contribution >= 0.6 is 0 Å². The molecule has 0 aromatic rings. The first-order chi connectivity index (χ1) is 5.13. The van der Waals surface area contributed by atoms with E-state index in [0.29, 0.717) is 5.92 Å². The Bertz CT molecular complexity index is 156. The van der Waals surface area contributed by atoms with Gasteiger partial charge < -0.3 is 5.32 Å². The highest BCUT2D eigenvalue weighted by Crippen LogP contribution is 2.10. The number of likely N-dealkylation sites (N-methyl/N-ethyl adjacent to an activating group) is 1. The second-order valence-electron chi connectivity index (χ2n) is 3.46. The van der Waals surface area contributed by atoms with Crippen LogP contribution in [0.2, 0.25) is 0 Å². The zero-order valence-electron chi connectivity index (χ0n) is 7.42. The molecular formula is C8H16N2O. The van der Waals surface area contributed by atoms with Gasteiger partial charge in [-0.3, -0.25) is 9.69 Å². The predicted octanol–water partition coefficient (Wildman–Crippen LogP) is 0.0726. The average Bonchev–Trinajstić information content (AvgIpc) is 1.85. The van der Waals surface area contributed by atoms with Gasteiger partial charge >= 0.3 is 0 Å². The van der Waals surface area contributed by atoms with E-state index in [1.165, 1.54) is 0 Å². The Morgan fingerprint density at radius 1 is 1.64 bits per heavy atom. The lowest BCUT2D eigenvalue weighted by Gasteiger charge is -2.34. The quantitative estimate of drug-likeness (QED) is 0.583. The van der Waals surface area contributed by atoms with Crippen molar-refractivity contribution in [3.8, 4) is 0 Å². The van der Waals surface area contributed by atoms with E-state index in [9.17, 15) is 4.79 Å². The van der Waals surface area contributed by atoms with Crippen molar-refractivity contribution in [2.24, 2.45) is 5.92 Å². The molecule has 3 heteroatoms. The SMILES string of the molecule is CC(C)C1C(=O)NCCN1C. The summed E-state index contributed by atoms with van der Waals surface area (Å²) in [5.74, 6) is 0.578. The third-order valence-corrected chi connectivity index (χ3v) is 2.14. The summed E-state index contributed by atoms with van der Waals surface area (Å²) in [4.78, 5) is 13.4. The van der Waals surface area contributed by atoms with E-state index in [4.69, 9.17) is 0 Å². The number of carbonyl (C=O) groups excluding carboxylic acids is 1. The average molecular weight is 156 g/mol. The van der Waals surface area contributed by atoms with E-state index in [1.807, 2.05) is 7.05 Å². The molecule has 1 rings (SSSR count). The van der Waals surface area contributed by atoms with Crippen LogP contribution in [0.5, 0.6) is 0 Å². The Morgan fingerprint density at radius 3 is 2.64 bits per heavy atom. The summed E-state index contributed by atoms with van der Waals surface area (Å²) in [6, 6.07) is 0.0729. The van der Waals surface area contributed by atoms with E-state index in [-0.39, 0.29) is 11.9 Å². The Labute approximate surface area is 67.8 Å². The summed E-state index contributed by atoms with van der Waals surface area (Å²) >= 11 is 0. The molecular weight excluding hydrogens is 140 g/mol. The fraction of sp³-hybridized carbons (Fsp3) is 0.875. The number of carbonyl (C=O) groups is 1. The molecule has 1 unspecified atom stereocenters. The molecule has 0 saturated carbocycles. The molecule has 11 heavy (non-hydrogen) atoms. The summed E-state index contributed by atoms with van der Waals surface area (Å²) in [5, 5.41) is 2.86. The molecule has 1 aliphatic rings. The van der Waals surface area contributed by atoms with Crippen LogP contribution in [-0.4, -0.2) is 37.0 Å². The van der Waals surface area contributed by atoms with Crippen molar-refractivity contribution in [2.45, 2.75) is 19.9 Å². The topological polar surface area (TPSA) is 32.3 Å². The number of hydrogen-bond donors (Lipinski definition) is 1. The van der Waals surface area contributed by atoms with Gasteiger partial charge in [-0.05, 0) is 13.0 Å². The number of piperazine rings is 1. The second-order valence-corrected chi connectivity index (χ2v) is 3.46. The Kier molecular flexibility index (Phi) is 2.49. The van der Waals surface area contributed by atoms with Gasteiger partial charge in [0.25, 0.3) is 0 Å². The van der Waals surface area contributed by atoms with Crippen molar-refractivity contribution in [3.63, 3.8) is 0 Å². The van der Waals surface area contributed by atoms with Crippen LogP contribution in [0.4, 0.5) is 0 Å². The second kappa shape index (κ2) is 3.22. The molecule has 64 valence electrons. The van der Waals surface area contributed by atoms with E-state index < -0.39 is 0 Å². The summed E-state index contributed by atoms with van der Waals surface area (Å²) in [5.41, 5.74) is 0. The van der Waals surface area contributed by atoms with Crippen molar-refractivity contribution in [1.82, 2.24) is 10.2 Å². The summed E-state index contributed by atoms with van der Waals surface area (Å²) in [7, 11) is 2.00. The lowest BCUT2D eigenvalue weighted by Crippen LogP contribution is -2.55. The minimum absolute atomic E-state index is 0.0729. The summed E-state index contributed by atoms with van der Waals surface area (Å²) in [6.45, 7) is 5.91. The smallest absolute Gasteiger partial charge is 0.237 e. The standard InChI is InChI=1S/C8H16N2O/c1-6(2)7-8(11)9-4-5-10(7)3/h6-7H,4-5H2,1-3H3,(H,9,11). The van der Waals surface area contributed by atoms with Gasteiger partial charge in [0, 0.05) is 13.1 Å². The van der Waals surface area contributed by atoms with Crippen molar-refractivity contribution in [1.29, 1.82) is 0 Å². The van der Waals surface area contributed by atoms with E-state index in [0.717, 1.165) is 13.1 Å². The Morgan fingerprint density at radius 2 is 2.27 bits per heavy atom. The molecule has 1 saturated heterocycles. The van der Waals surface area contributed by atoms with Crippen LogP contribution in [0, 0.1) is 5.92 Å². The van der Waals surface area contributed by atoms with Crippen LogP contribution in [0.1, 0.15) is 13.8 Å². The van der Waals surface area contributed by atoms with Crippen LogP contribution < -0.4 is 5.32 Å². The molecule has 1 amide bonds. The molecule has 0 bridgehead atoms. The number of hydrogen-bond acceptors (Lipinski definition) is 2. The van der Waals surface area contributed by atoms with Gasteiger partial charge in [-0.2, -0.15) is 0 Å². The molecule has 1 heterocycles. The van der Waals surface area contributed by atoms with Crippen LogP contribution in [-0.2, 0) is 4.79 Å². The maximum atomic E-state index is 11.3. The lowest BCUT2D eigenvalue weighted by atomic mass is 10.0. The van der Waals surface area contributed by atoms with Crippen LogP contribution in [0.3, 0.4) is 0 Å². The largest absolute Gasteiger partial charge is 0.353 e. The molecule has 0 spiro atoms. The van der Waals surface area contributed by atoms with Crippen molar-refractivity contribution < 1.29 is 4.79 Å². The molecule has 1 fully saturated rings. The molecule has 0 radical (unpaired) electrons. The highest BCUT2D eigenvalue weighted by Gasteiger charge is 2.28. The Hall–Kier alpha value is -0.570. The molecule has 0 aromatic carbocycles. The van der Waals surface area contributed by atoms with Gasteiger partial charge in [-0.25, -0.2) is 0 Å². The highest BCUT2D eigenvalue weighted by molar-refractivity contribution is 5.82. The van der Waals surface area contributed by atoms with Gasteiger partial charge in [0.1, 0.15) is 0 Å². The predicted molar refractivity (Wildman–Crippen MR) is 44.3 cm³/mol. The van der Waals surface area contributed by atoms with Crippen LogP contribution in [0.25, 0.3) is 0 Å². The minimum atomic E-state index is 0.0729. The number of amides is 1. The minimum Gasteiger partial charge on any atom is -0.353 e. The third kappa shape index (κ3) is 1.71. The highest BCUT2D eigenvalue weighted by atomic mass is 16.2. The first-order valence-corrected chi connectivity index (χ1v) is 4.11. The molecule has 1 N–H and O–H groups in total. The molecule has 0 aromatic heterocycles. The van der Waals surface area contributed by atoms with Crippen LogP contribution in [0.15, 0.2) is 0 Å². The normalized spacial score (nSPS) is 27.3. The monoisotopic (exact) mass is 156 g/mol. The lowest BCUT2D eigenvalue weighted by molar-refractivity contribution is -0.129. The van der Waals surface area contributed by atoms with E-state index in [1.54, 1.807) is 0 Å². The molecule has 3 nitrogen and oxygen atoms in total. The van der Waals surface area contributed by atoms with Gasteiger partial charge in [0.15, 0.2) is 0 Å². The molecule has 1 atom stereocenters.